The highest BCUT2D eigenvalue weighted by Gasteiger charge is 2.24. The molecule has 1 amide bonds. The number of sulfonamides is 1. The van der Waals surface area contributed by atoms with Crippen LogP contribution in [0.1, 0.15) is 35.3 Å². The molecule has 0 aliphatic rings. The summed E-state index contributed by atoms with van der Waals surface area (Å²) < 4.78 is 27.9. The van der Waals surface area contributed by atoms with Crippen LogP contribution in [0.3, 0.4) is 0 Å². The van der Waals surface area contributed by atoms with E-state index in [1.807, 2.05) is 31.2 Å². The van der Waals surface area contributed by atoms with Gasteiger partial charge in [0.05, 0.1) is 4.90 Å². The number of aryl methyl sites for hydroxylation is 1. The lowest BCUT2D eigenvalue weighted by Crippen LogP contribution is -2.31. The van der Waals surface area contributed by atoms with Gasteiger partial charge < -0.3 is 4.90 Å². The van der Waals surface area contributed by atoms with E-state index < -0.39 is 10.0 Å². The molecule has 0 saturated heterocycles. The molecule has 0 radical (unpaired) electrons. The van der Waals surface area contributed by atoms with Crippen LogP contribution in [0.2, 0.25) is 0 Å². The smallest absolute Gasteiger partial charge is 0.254 e. The molecule has 0 bridgehead atoms. The van der Waals surface area contributed by atoms with Gasteiger partial charge in [0, 0.05) is 36.7 Å². The summed E-state index contributed by atoms with van der Waals surface area (Å²) in [5.41, 5.74) is 2.13. The van der Waals surface area contributed by atoms with Crippen LogP contribution < -0.4 is 0 Å². The zero-order valence-corrected chi connectivity index (χ0v) is 18.5. The Bertz CT molecular complexity index is 925. The van der Waals surface area contributed by atoms with Gasteiger partial charge in [-0.15, -0.1) is 0 Å². The number of amides is 1. The number of halogens is 1. The molecule has 0 aliphatic carbocycles. The van der Waals surface area contributed by atoms with Crippen molar-refractivity contribution in [1.29, 1.82) is 0 Å². The number of nitrogens with zero attached hydrogens (tertiary/aromatic N) is 2. The summed E-state index contributed by atoms with van der Waals surface area (Å²) in [4.78, 5) is 14.7. The lowest BCUT2D eigenvalue weighted by atomic mass is 10.1. The molecule has 7 heteroatoms. The number of hydrogen-bond donors (Lipinski definition) is 0. The van der Waals surface area contributed by atoms with Gasteiger partial charge in [0.25, 0.3) is 5.91 Å². The van der Waals surface area contributed by atoms with Crippen LogP contribution in [0.5, 0.6) is 0 Å². The number of carbonyl (C=O) groups is 1. The minimum absolute atomic E-state index is 0.148. The van der Waals surface area contributed by atoms with Crippen LogP contribution in [-0.2, 0) is 16.6 Å². The highest BCUT2D eigenvalue weighted by molar-refractivity contribution is 9.10. The van der Waals surface area contributed by atoms with Crippen molar-refractivity contribution in [3.8, 4) is 0 Å². The maximum Gasteiger partial charge on any atom is 0.254 e. The van der Waals surface area contributed by atoms with Gasteiger partial charge in [-0.05, 0) is 36.2 Å². The fourth-order valence-electron chi connectivity index (χ4n) is 2.86. The average molecular weight is 453 g/mol. The van der Waals surface area contributed by atoms with Crippen molar-refractivity contribution in [1.82, 2.24) is 9.21 Å². The maximum absolute atomic E-state index is 13.0. The molecule has 0 unspecified atom stereocenters. The van der Waals surface area contributed by atoms with Gasteiger partial charge in [-0.3, -0.25) is 4.79 Å². The molecule has 0 fully saturated rings. The Balaban J connectivity index is 2.35. The summed E-state index contributed by atoms with van der Waals surface area (Å²) in [5.74, 6) is -0.208. The molecule has 2 aromatic rings. The van der Waals surface area contributed by atoms with E-state index in [0.29, 0.717) is 25.2 Å². The van der Waals surface area contributed by atoms with Gasteiger partial charge in [-0.25, -0.2) is 8.42 Å². The lowest BCUT2D eigenvalue weighted by molar-refractivity contribution is 0.0784. The van der Waals surface area contributed by atoms with Crippen molar-refractivity contribution in [2.75, 3.05) is 20.1 Å². The molecule has 146 valence electrons. The Morgan fingerprint density at radius 2 is 1.70 bits per heavy atom. The molecule has 2 aromatic carbocycles. The molecule has 0 spiro atoms. The number of carbonyl (C=O) groups excluding carboxylic acids is 1. The molecule has 0 atom stereocenters. The lowest BCUT2D eigenvalue weighted by Gasteiger charge is -2.21. The standard InChI is InChI=1S/C20H25BrN2O3S/c1-5-23(6-2)27(25,26)17-12-11-15(3)18(13-17)20(24)22(4)14-16-9-7-8-10-19(16)21/h7-13H,5-6,14H2,1-4H3. The van der Waals surface area contributed by atoms with Gasteiger partial charge >= 0.3 is 0 Å². The van der Waals surface area contributed by atoms with Gasteiger partial charge in [0.2, 0.25) is 10.0 Å². The quantitative estimate of drug-likeness (QED) is 0.636. The van der Waals surface area contributed by atoms with Crippen molar-refractivity contribution in [3.63, 3.8) is 0 Å². The minimum Gasteiger partial charge on any atom is -0.337 e. The van der Waals surface area contributed by atoms with Crippen LogP contribution in [0.4, 0.5) is 0 Å². The summed E-state index contributed by atoms with van der Waals surface area (Å²) in [6, 6.07) is 12.4. The predicted molar refractivity (Wildman–Crippen MR) is 111 cm³/mol. The van der Waals surface area contributed by atoms with Crippen LogP contribution in [0.15, 0.2) is 51.8 Å². The molecular formula is C20H25BrN2O3S. The summed E-state index contributed by atoms with van der Waals surface area (Å²) in [6.45, 7) is 6.61. The SMILES string of the molecule is CCN(CC)S(=O)(=O)c1ccc(C)c(C(=O)N(C)Cc2ccccc2Br)c1. The van der Waals surface area contributed by atoms with E-state index >= 15 is 0 Å². The Labute approximate surface area is 170 Å². The first-order valence-corrected chi connectivity index (χ1v) is 11.0. The third kappa shape index (κ3) is 4.78. The average Bonchev–Trinajstić information content (AvgIpc) is 2.64. The van der Waals surface area contributed by atoms with E-state index in [9.17, 15) is 13.2 Å². The topological polar surface area (TPSA) is 57.7 Å². The highest BCUT2D eigenvalue weighted by atomic mass is 79.9. The normalized spacial score (nSPS) is 11.6. The summed E-state index contributed by atoms with van der Waals surface area (Å²) >= 11 is 3.49. The third-order valence-corrected chi connectivity index (χ3v) is 7.31. The molecular weight excluding hydrogens is 428 g/mol. The fraction of sp³-hybridized carbons (Fsp3) is 0.350. The molecule has 5 nitrogen and oxygen atoms in total. The minimum atomic E-state index is -3.61. The van der Waals surface area contributed by atoms with Gasteiger partial charge in [-0.2, -0.15) is 4.31 Å². The summed E-state index contributed by atoms with van der Waals surface area (Å²) in [6.07, 6.45) is 0. The maximum atomic E-state index is 13.0. The first kappa shape index (κ1) is 21.6. The summed E-state index contributed by atoms with van der Waals surface area (Å²) in [5, 5.41) is 0. The van der Waals surface area contributed by atoms with Crippen molar-refractivity contribution < 1.29 is 13.2 Å². The second kappa shape index (κ2) is 8.99. The van der Waals surface area contributed by atoms with Crippen LogP contribution >= 0.6 is 15.9 Å². The molecule has 2 rings (SSSR count). The largest absolute Gasteiger partial charge is 0.337 e. The molecule has 0 heterocycles. The zero-order chi connectivity index (χ0) is 20.2. The molecule has 0 aromatic heterocycles. The van der Waals surface area contributed by atoms with Gasteiger partial charge in [0.15, 0.2) is 0 Å². The van der Waals surface area contributed by atoms with E-state index in [1.165, 1.54) is 10.4 Å². The summed E-state index contributed by atoms with van der Waals surface area (Å²) in [7, 11) is -1.90. The first-order valence-electron chi connectivity index (χ1n) is 8.82. The van der Waals surface area contributed by atoms with Gasteiger partial charge in [0.1, 0.15) is 0 Å². The Kier molecular flexibility index (Phi) is 7.19. The number of benzene rings is 2. The number of hydrogen-bond acceptors (Lipinski definition) is 3. The highest BCUT2D eigenvalue weighted by Crippen LogP contribution is 2.22. The van der Waals surface area contributed by atoms with Crippen molar-refractivity contribution in [3.05, 3.63) is 63.6 Å². The van der Waals surface area contributed by atoms with Crippen molar-refractivity contribution in [2.45, 2.75) is 32.2 Å². The van der Waals surface area contributed by atoms with Crippen molar-refractivity contribution in [2.24, 2.45) is 0 Å². The fourth-order valence-corrected chi connectivity index (χ4v) is 4.76. The monoisotopic (exact) mass is 452 g/mol. The van der Waals surface area contributed by atoms with E-state index in [2.05, 4.69) is 15.9 Å². The Morgan fingerprint density at radius 3 is 2.30 bits per heavy atom. The van der Waals surface area contributed by atoms with Gasteiger partial charge in [-0.1, -0.05) is 54.0 Å². The molecule has 27 heavy (non-hydrogen) atoms. The van der Waals surface area contributed by atoms with E-state index in [0.717, 1.165) is 15.6 Å². The zero-order valence-electron chi connectivity index (χ0n) is 16.1. The van der Waals surface area contributed by atoms with E-state index in [4.69, 9.17) is 0 Å². The van der Waals surface area contributed by atoms with E-state index in [-0.39, 0.29) is 10.8 Å². The number of rotatable bonds is 7. The Hall–Kier alpha value is -1.70. The van der Waals surface area contributed by atoms with Crippen molar-refractivity contribution >= 4 is 31.9 Å². The third-order valence-electron chi connectivity index (χ3n) is 4.49. The second-order valence-corrected chi connectivity index (χ2v) is 9.11. The molecule has 0 saturated carbocycles. The molecule has 0 N–H and O–H groups in total. The second-order valence-electron chi connectivity index (χ2n) is 6.32. The predicted octanol–water partition coefficient (Wildman–Crippen LogP) is 4.06. The Morgan fingerprint density at radius 1 is 1.07 bits per heavy atom. The molecule has 0 aliphatic heterocycles. The van der Waals surface area contributed by atoms with Crippen LogP contribution in [0.25, 0.3) is 0 Å². The van der Waals surface area contributed by atoms with Crippen LogP contribution in [-0.4, -0.2) is 43.7 Å². The van der Waals surface area contributed by atoms with E-state index in [1.54, 1.807) is 37.9 Å². The first-order chi connectivity index (χ1) is 12.7. The van der Waals surface area contributed by atoms with Crippen LogP contribution in [0, 0.1) is 6.92 Å².